The van der Waals surface area contributed by atoms with Crippen LogP contribution in [0.4, 0.5) is 42.2 Å². The largest absolute Gasteiger partial charge is 0.496 e. The van der Waals surface area contributed by atoms with Gasteiger partial charge < -0.3 is 25.0 Å². The molecule has 2 N–H and O–H groups in total. The molecule has 2 saturated carbocycles. The minimum atomic E-state index is -5.05. The number of halogens is 7. The highest BCUT2D eigenvalue weighted by atomic mass is 19.4. The van der Waals surface area contributed by atoms with Gasteiger partial charge in [0.05, 0.1) is 37.4 Å². The number of nitrogens with one attached hydrogen (secondary N) is 2. The van der Waals surface area contributed by atoms with E-state index >= 15 is 0 Å². The van der Waals surface area contributed by atoms with Gasteiger partial charge in [0.2, 0.25) is 5.91 Å². The van der Waals surface area contributed by atoms with Gasteiger partial charge in [0.15, 0.2) is 0 Å². The average molecular weight is 693 g/mol. The molecule has 3 aliphatic rings. The summed E-state index contributed by atoms with van der Waals surface area (Å²) < 4.78 is 105. The summed E-state index contributed by atoms with van der Waals surface area (Å²) >= 11 is 0. The fraction of sp³-hybridized carbons (Fsp3) is 0.382. The molecule has 4 atom stereocenters. The SMILES string of the molecule is COc1ccc(-c2ccc(N3CCOCC3)nc2)cc1C(=O)N[C@@H]1C2CCC(/C2=C/C(F)(F)F)[C@@H]1C(=O)Nc1ccc(F)c(C(F)(F)F)c1. The van der Waals surface area contributed by atoms with E-state index in [1.165, 1.54) is 7.11 Å². The molecule has 15 heteroatoms. The van der Waals surface area contributed by atoms with Crippen molar-refractivity contribution in [1.82, 2.24) is 10.3 Å². The molecule has 1 aromatic heterocycles. The predicted molar refractivity (Wildman–Crippen MR) is 164 cm³/mol. The van der Waals surface area contributed by atoms with Crippen LogP contribution in [-0.2, 0) is 15.7 Å². The number of fused-ring (bicyclic) bond motifs is 2. The topological polar surface area (TPSA) is 92.8 Å². The molecule has 1 aliphatic heterocycles. The van der Waals surface area contributed by atoms with Gasteiger partial charge in [0.25, 0.3) is 5.91 Å². The first-order valence-electron chi connectivity index (χ1n) is 15.5. The molecular formula is C34H31F7N4O4. The number of pyridine rings is 1. The van der Waals surface area contributed by atoms with Crippen molar-refractivity contribution in [2.75, 3.05) is 43.6 Å². The van der Waals surface area contributed by atoms with Gasteiger partial charge in [0, 0.05) is 48.6 Å². The van der Waals surface area contributed by atoms with Crippen LogP contribution >= 0.6 is 0 Å². The van der Waals surface area contributed by atoms with Crippen molar-refractivity contribution >= 4 is 23.3 Å². The first-order chi connectivity index (χ1) is 23.2. The summed E-state index contributed by atoms with van der Waals surface area (Å²) in [4.78, 5) is 34.1. The van der Waals surface area contributed by atoms with Gasteiger partial charge in [0.1, 0.15) is 17.4 Å². The van der Waals surface area contributed by atoms with E-state index < -0.39 is 65.0 Å². The molecule has 2 amide bonds. The zero-order chi connectivity index (χ0) is 35.1. The van der Waals surface area contributed by atoms with E-state index in [4.69, 9.17) is 9.47 Å². The van der Waals surface area contributed by atoms with Crippen molar-refractivity contribution in [1.29, 1.82) is 0 Å². The van der Waals surface area contributed by atoms with Gasteiger partial charge in [-0.15, -0.1) is 0 Å². The van der Waals surface area contributed by atoms with E-state index in [0.717, 1.165) is 11.9 Å². The lowest BCUT2D eigenvalue weighted by Gasteiger charge is -2.30. The molecule has 3 aromatic rings. The van der Waals surface area contributed by atoms with Crippen LogP contribution in [0.3, 0.4) is 0 Å². The van der Waals surface area contributed by atoms with E-state index in [1.807, 2.05) is 12.1 Å². The maximum atomic E-state index is 13.9. The Morgan fingerprint density at radius 2 is 1.67 bits per heavy atom. The number of carbonyl (C=O) groups is 2. The summed E-state index contributed by atoms with van der Waals surface area (Å²) in [5.74, 6) is -5.32. The Kier molecular flexibility index (Phi) is 9.31. The van der Waals surface area contributed by atoms with Crippen molar-refractivity contribution in [3.63, 3.8) is 0 Å². The summed E-state index contributed by atoms with van der Waals surface area (Å²) in [6.07, 6.45) is -7.54. The summed E-state index contributed by atoms with van der Waals surface area (Å²) in [5.41, 5.74) is -0.745. The predicted octanol–water partition coefficient (Wildman–Crippen LogP) is 6.63. The Balaban J connectivity index is 1.28. The van der Waals surface area contributed by atoms with Crippen molar-refractivity contribution < 1.29 is 49.8 Å². The summed E-state index contributed by atoms with van der Waals surface area (Å²) in [7, 11) is 1.35. The van der Waals surface area contributed by atoms with Gasteiger partial charge in [-0.05, 0) is 66.8 Å². The molecule has 0 spiro atoms. The number of amides is 2. The van der Waals surface area contributed by atoms with Crippen molar-refractivity contribution in [3.8, 4) is 16.9 Å². The lowest BCUT2D eigenvalue weighted by Crippen LogP contribution is -2.48. The molecule has 260 valence electrons. The second-order valence-electron chi connectivity index (χ2n) is 12.1. The molecule has 2 aliphatic carbocycles. The van der Waals surface area contributed by atoms with Crippen LogP contribution in [-0.4, -0.2) is 62.4 Å². The Morgan fingerprint density at radius 1 is 0.959 bits per heavy atom. The van der Waals surface area contributed by atoms with Crippen LogP contribution in [0.25, 0.3) is 11.1 Å². The van der Waals surface area contributed by atoms with Gasteiger partial charge in [-0.25, -0.2) is 9.37 Å². The van der Waals surface area contributed by atoms with Gasteiger partial charge in [-0.2, -0.15) is 26.3 Å². The van der Waals surface area contributed by atoms with Crippen molar-refractivity contribution in [2.45, 2.75) is 31.2 Å². The number of hydrogen-bond acceptors (Lipinski definition) is 6. The second kappa shape index (κ2) is 13.3. The molecule has 0 radical (unpaired) electrons. The van der Waals surface area contributed by atoms with Gasteiger partial charge in [-0.3, -0.25) is 9.59 Å². The maximum absolute atomic E-state index is 13.9. The monoisotopic (exact) mass is 692 g/mol. The second-order valence-corrected chi connectivity index (χ2v) is 12.1. The maximum Gasteiger partial charge on any atom is 0.419 e. The van der Waals surface area contributed by atoms with E-state index in [1.54, 1.807) is 24.4 Å². The highest BCUT2D eigenvalue weighted by molar-refractivity contribution is 6.00. The summed E-state index contributed by atoms with van der Waals surface area (Å²) in [5, 5.41) is 5.06. The third kappa shape index (κ3) is 7.21. The first-order valence-corrected chi connectivity index (χ1v) is 15.5. The van der Waals surface area contributed by atoms with Crippen LogP contribution < -0.4 is 20.3 Å². The standard InChI is InChI=1S/C34H31F7N4O4/c1-48-27-8-2-18(19-3-9-28(42-17-19)45-10-12-49-13-11-45)14-23(27)31(46)44-30-22-6-5-21(24(22)16-33(36,37)38)29(30)32(47)43-20-4-7-26(35)25(15-20)34(39,40)41/h2-4,7-9,14-17,21-22,29-30H,5-6,10-13H2,1H3,(H,43,47)(H,44,46)/b24-16-/t21?,22?,29-,30+/m0/s1. The quantitative estimate of drug-likeness (QED) is 0.213. The van der Waals surface area contributed by atoms with E-state index in [-0.39, 0.29) is 35.8 Å². The Labute approximate surface area is 276 Å². The number of nitrogens with zero attached hydrogens (tertiary/aromatic N) is 2. The smallest absolute Gasteiger partial charge is 0.419 e. The lowest BCUT2D eigenvalue weighted by atomic mass is 9.83. The number of alkyl halides is 6. The van der Waals surface area contributed by atoms with E-state index in [0.29, 0.717) is 49.6 Å². The molecule has 8 nitrogen and oxygen atoms in total. The van der Waals surface area contributed by atoms with Crippen molar-refractivity contribution in [2.24, 2.45) is 17.8 Å². The number of ether oxygens (including phenoxy) is 2. The van der Waals surface area contributed by atoms with Gasteiger partial charge in [-0.1, -0.05) is 11.6 Å². The zero-order valence-corrected chi connectivity index (χ0v) is 26.0. The molecule has 1 saturated heterocycles. The number of anilines is 2. The Morgan fingerprint density at radius 3 is 2.33 bits per heavy atom. The molecular weight excluding hydrogens is 661 g/mol. The van der Waals surface area contributed by atoms with Crippen LogP contribution in [0.15, 0.2) is 66.4 Å². The van der Waals surface area contributed by atoms with Crippen LogP contribution in [0, 0.1) is 23.6 Å². The third-order valence-corrected chi connectivity index (χ3v) is 9.23. The molecule has 6 rings (SSSR count). The van der Waals surface area contributed by atoms with Crippen LogP contribution in [0.2, 0.25) is 0 Å². The zero-order valence-electron chi connectivity index (χ0n) is 26.0. The normalized spacial score (nSPS) is 23.1. The number of rotatable bonds is 7. The van der Waals surface area contributed by atoms with Crippen molar-refractivity contribution in [3.05, 3.63) is 83.3 Å². The fourth-order valence-corrected chi connectivity index (χ4v) is 7.06. The Hall–Kier alpha value is -4.66. The Bertz CT molecular complexity index is 1750. The first kappa shape index (κ1) is 34.2. The summed E-state index contributed by atoms with van der Waals surface area (Å²) in [6.45, 7) is 2.56. The number of aromatic nitrogens is 1. The minimum absolute atomic E-state index is 0.0499. The third-order valence-electron chi connectivity index (χ3n) is 9.23. The number of methoxy groups -OCH3 is 1. The molecule has 3 fully saturated rings. The molecule has 49 heavy (non-hydrogen) atoms. The molecule has 2 bridgehead atoms. The molecule has 2 unspecified atom stereocenters. The number of carbonyl (C=O) groups excluding carboxylic acids is 2. The van der Waals surface area contributed by atoms with Crippen LogP contribution in [0.5, 0.6) is 5.75 Å². The number of allylic oxidation sites excluding steroid dienone is 1. The molecule has 2 aromatic carbocycles. The average Bonchev–Trinajstić information content (AvgIpc) is 3.58. The fourth-order valence-electron chi connectivity index (χ4n) is 7.06. The number of morpholine rings is 1. The van der Waals surface area contributed by atoms with Crippen LogP contribution in [0.1, 0.15) is 28.8 Å². The van der Waals surface area contributed by atoms with Gasteiger partial charge >= 0.3 is 12.4 Å². The highest BCUT2D eigenvalue weighted by Crippen LogP contribution is 2.54. The minimum Gasteiger partial charge on any atom is -0.496 e. The molecule has 2 heterocycles. The lowest BCUT2D eigenvalue weighted by molar-refractivity contribution is -0.140. The van der Waals surface area contributed by atoms with E-state index in [2.05, 4.69) is 20.5 Å². The van der Waals surface area contributed by atoms with E-state index in [9.17, 15) is 40.3 Å². The highest BCUT2D eigenvalue weighted by Gasteiger charge is 2.55. The number of benzene rings is 2. The number of hydrogen-bond donors (Lipinski definition) is 2. The summed E-state index contributed by atoms with van der Waals surface area (Å²) in [6, 6.07) is 9.26.